The van der Waals surface area contributed by atoms with E-state index in [0.717, 1.165) is 3.57 Å². The summed E-state index contributed by atoms with van der Waals surface area (Å²) >= 11 is 2.00. The molecule has 0 aromatic heterocycles. The molecule has 1 atom stereocenters. The standard InChI is InChI=1S/C8H9FINOS/c1-2-13(12)11-8-4-3-6(9)5-7(8)10/h3-5,11H,2H2,1H3. The number of hydrogen-bond acceptors (Lipinski definition) is 1. The molecule has 0 saturated heterocycles. The Balaban J connectivity index is 2.83. The lowest BCUT2D eigenvalue weighted by molar-refractivity contribution is 0.627. The molecule has 0 spiro atoms. The fourth-order valence-corrected chi connectivity index (χ4v) is 2.13. The fraction of sp³-hybridized carbons (Fsp3) is 0.250. The predicted molar refractivity (Wildman–Crippen MR) is 61.4 cm³/mol. The Morgan fingerprint density at radius 3 is 2.85 bits per heavy atom. The van der Waals surface area contributed by atoms with Crippen molar-refractivity contribution in [3.63, 3.8) is 0 Å². The van der Waals surface area contributed by atoms with Crippen LogP contribution in [0.1, 0.15) is 6.92 Å². The molecule has 1 unspecified atom stereocenters. The maximum absolute atomic E-state index is 12.7. The van der Waals surface area contributed by atoms with Gasteiger partial charge in [0.2, 0.25) is 0 Å². The highest BCUT2D eigenvalue weighted by Crippen LogP contribution is 2.19. The van der Waals surface area contributed by atoms with Gasteiger partial charge < -0.3 is 4.72 Å². The smallest absolute Gasteiger partial charge is 0.124 e. The average molecular weight is 313 g/mol. The second-order valence-corrected chi connectivity index (χ2v) is 5.00. The molecule has 1 N–H and O–H groups in total. The zero-order chi connectivity index (χ0) is 9.84. The zero-order valence-electron chi connectivity index (χ0n) is 7.01. The van der Waals surface area contributed by atoms with Crippen molar-refractivity contribution in [2.24, 2.45) is 0 Å². The highest BCUT2D eigenvalue weighted by molar-refractivity contribution is 14.1. The largest absolute Gasteiger partial charge is 0.304 e. The molecule has 72 valence electrons. The minimum absolute atomic E-state index is 0.280. The lowest BCUT2D eigenvalue weighted by Gasteiger charge is -2.05. The molecule has 0 heterocycles. The van der Waals surface area contributed by atoms with Crippen molar-refractivity contribution in [2.45, 2.75) is 6.92 Å². The van der Waals surface area contributed by atoms with Gasteiger partial charge >= 0.3 is 0 Å². The van der Waals surface area contributed by atoms with Gasteiger partial charge in [0.25, 0.3) is 0 Å². The Labute approximate surface area is 92.6 Å². The van der Waals surface area contributed by atoms with E-state index in [0.29, 0.717) is 11.4 Å². The maximum Gasteiger partial charge on any atom is 0.124 e. The molecule has 0 aliphatic rings. The molecule has 1 aromatic rings. The van der Waals surface area contributed by atoms with Gasteiger partial charge in [0.1, 0.15) is 16.8 Å². The third kappa shape index (κ3) is 3.22. The van der Waals surface area contributed by atoms with E-state index >= 15 is 0 Å². The second kappa shape index (κ2) is 4.90. The van der Waals surface area contributed by atoms with Gasteiger partial charge in [-0.1, -0.05) is 6.92 Å². The Hall–Kier alpha value is -0.170. The number of benzene rings is 1. The molecule has 2 nitrogen and oxygen atoms in total. The SMILES string of the molecule is CCS(=O)Nc1ccc(F)cc1I. The quantitative estimate of drug-likeness (QED) is 0.854. The van der Waals surface area contributed by atoms with E-state index in [-0.39, 0.29) is 5.82 Å². The third-order valence-electron chi connectivity index (χ3n) is 1.42. The topological polar surface area (TPSA) is 29.1 Å². The summed E-state index contributed by atoms with van der Waals surface area (Å²) < 4.78 is 27.3. The van der Waals surface area contributed by atoms with E-state index in [9.17, 15) is 8.60 Å². The maximum atomic E-state index is 12.7. The van der Waals surface area contributed by atoms with E-state index in [1.165, 1.54) is 12.1 Å². The molecular formula is C8H9FINOS. The first-order chi connectivity index (χ1) is 6.13. The van der Waals surface area contributed by atoms with Crippen LogP contribution in [0.25, 0.3) is 0 Å². The summed E-state index contributed by atoms with van der Waals surface area (Å²) in [5.74, 6) is 0.255. The summed E-state index contributed by atoms with van der Waals surface area (Å²) in [4.78, 5) is 0. The van der Waals surface area contributed by atoms with Crippen molar-refractivity contribution in [1.82, 2.24) is 0 Å². The highest BCUT2D eigenvalue weighted by atomic mass is 127. The first-order valence-electron chi connectivity index (χ1n) is 3.73. The van der Waals surface area contributed by atoms with Crippen LogP contribution >= 0.6 is 22.6 Å². The lowest BCUT2D eigenvalue weighted by Crippen LogP contribution is -2.07. The Kier molecular flexibility index (Phi) is 4.11. The van der Waals surface area contributed by atoms with Crippen LogP contribution in [-0.2, 0) is 11.0 Å². The van der Waals surface area contributed by atoms with Gasteiger partial charge in [0.15, 0.2) is 0 Å². The van der Waals surface area contributed by atoms with E-state index in [4.69, 9.17) is 0 Å². The minimum Gasteiger partial charge on any atom is -0.304 e. The van der Waals surface area contributed by atoms with E-state index in [2.05, 4.69) is 4.72 Å². The normalized spacial score (nSPS) is 12.5. The van der Waals surface area contributed by atoms with Crippen molar-refractivity contribution in [3.05, 3.63) is 27.6 Å². The minimum atomic E-state index is -1.07. The molecule has 0 aliphatic heterocycles. The molecule has 0 saturated carbocycles. The van der Waals surface area contributed by atoms with Crippen LogP contribution in [0.15, 0.2) is 18.2 Å². The highest BCUT2D eigenvalue weighted by Gasteiger charge is 2.02. The molecule has 1 aromatic carbocycles. The molecule has 0 amide bonds. The summed E-state index contributed by atoms with van der Waals surface area (Å²) in [6.45, 7) is 1.82. The molecule has 0 radical (unpaired) electrons. The zero-order valence-corrected chi connectivity index (χ0v) is 9.99. The first-order valence-corrected chi connectivity index (χ1v) is 6.13. The van der Waals surface area contributed by atoms with Gasteiger partial charge in [-0.05, 0) is 40.8 Å². The summed E-state index contributed by atoms with van der Waals surface area (Å²) in [7, 11) is -1.07. The van der Waals surface area contributed by atoms with Crippen LogP contribution in [-0.4, -0.2) is 9.96 Å². The van der Waals surface area contributed by atoms with Crippen LogP contribution in [0.3, 0.4) is 0 Å². The van der Waals surface area contributed by atoms with E-state index < -0.39 is 11.0 Å². The lowest BCUT2D eigenvalue weighted by atomic mass is 10.3. The monoisotopic (exact) mass is 313 g/mol. The summed E-state index contributed by atoms with van der Waals surface area (Å²) in [6, 6.07) is 4.33. The molecular weight excluding hydrogens is 304 g/mol. The Morgan fingerprint density at radius 1 is 1.62 bits per heavy atom. The summed E-state index contributed by atoms with van der Waals surface area (Å²) in [5.41, 5.74) is 0.710. The van der Waals surface area contributed by atoms with Gasteiger partial charge in [-0.15, -0.1) is 0 Å². The van der Waals surface area contributed by atoms with Crippen molar-refractivity contribution in [3.8, 4) is 0 Å². The van der Waals surface area contributed by atoms with Crippen molar-refractivity contribution < 1.29 is 8.60 Å². The van der Waals surface area contributed by atoms with Gasteiger partial charge in [0, 0.05) is 9.32 Å². The van der Waals surface area contributed by atoms with E-state index in [1.54, 1.807) is 6.07 Å². The number of halogens is 2. The molecule has 1 rings (SSSR count). The number of anilines is 1. The number of hydrogen-bond donors (Lipinski definition) is 1. The molecule has 0 aliphatic carbocycles. The van der Waals surface area contributed by atoms with Crippen LogP contribution in [0.4, 0.5) is 10.1 Å². The van der Waals surface area contributed by atoms with E-state index in [1.807, 2.05) is 29.5 Å². The average Bonchev–Trinajstić information content (AvgIpc) is 2.09. The number of nitrogens with one attached hydrogen (secondary N) is 1. The Morgan fingerprint density at radius 2 is 2.31 bits per heavy atom. The Bertz CT molecular complexity index is 332. The summed E-state index contributed by atoms with van der Waals surface area (Å²) in [6.07, 6.45) is 0. The summed E-state index contributed by atoms with van der Waals surface area (Å²) in [5, 5.41) is 0. The third-order valence-corrected chi connectivity index (χ3v) is 3.28. The van der Waals surface area contributed by atoms with Crippen LogP contribution in [0.2, 0.25) is 0 Å². The van der Waals surface area contributed by atoms with Crippen LogP contribution in [0.5, 0.6) is 0 Å². The molecule has 0 bridgehead atoms. The van der Waals surface area contributed by atoms with Gasteiger partial charge in [-0.3, -0.25) is 0 Å². The molecule has 5 heteroatoms. The molecule has 13 heavy (non-hydrogen) atoms. The van der Waals surface area contributed by atoms with Crippen molar-refractivity contribution in [1.29, 1.82) is 0 Å². The van der Waals surface area contributed by atoms with Crippen molar-refractivity contribution in [2.75, 3.05) is 10.5 Å². The number of rotatable bonds is 3. The van der Waals surface area contributed by atoms with Crippen LogP contribution < -0.4 is 4.72 Å². The van der Waals surface area contributed by atoms with Gasteiger partial charge in [0.05, 0.1) is 5.69 Å². The fourth-order valence-electron chi connectivity index (χ4n) is 0.767. The molecule has 0 fully saturated rings. The predicted octanol–water partition coefficient (Wildman–Crippen LogP) is 2.53. The first kappa shape index (κ1) is 10.9. The van der Waals surface area contributed by atoms with Crippen LogP contribution in [0, 0.1) is 9.39 Å². The van der Waals surface area contributed by atoms with Crippen molar-refractivity contribution >= 4 is 39.3 Å². The second-order valence-electron chi connectivity index (χ2n) is 2.36. The van der Waals surface area contributed by atoms with Gasteiger partial charge in [-0.25, -0.2) is 8.60 Å². The van der Waals surface area contributed by atoms with Gasteiger partial charge in [-0.2, -0.15) is 0 Å².